The van der Waals surface area contributed by atoms with Crippen molar-refractivity contribution >= 4 is 5.91 Å². The number of likely N-dealkylation sites (N-methyl/N-ethyl adjacent to an activating group) is 1. The molecule has 2 aliphatic heterocycles. The second-order valence-electron chi connectivity index (χ2n) is 4.83. The van der Waals surface area contributed by atoms with Gasteiger partial charge in [-0.05, 0) is 32.9 Å². The van der Waals surface area contributed by atoms with Gasteiger partial charge < -0.3 is 20.1 Å². The predicted octanol–water partition coefficient (Wildman–Crippen LogP) is 0.0502. The standard InChI is InChI=1S/C12H22N2O3/c1-2-14-11(15)9-16-10-7-12(17-8-10)3-5-13-6-4-12/h10,13H,2-9H2,1H3,(H,14,15). The third-order valence-corrected chi connectivity index (χ3v) is 3.51. The second-order valence-corrected chi connectivity index (χ2v) is 4.83. The van der Waals surface area contributed by atoms with Crippen LogP contribution in [0.1, 0.15) is 26.2 Å². The Balaban J connectivity index is 1.72. The summed E-state index contributed by atoms with van der Waals surface area (Å²) in [6, 6.07) is 0. The zero-order valence-corrected chi connectivity index (χ0v) is 10.5. The van der Waals surface area contributed by atoms with Crippen molar-refractivity contribution in [3.63, 3.8) is 0 Å². The molecule has 2 rings (SSSR count). The summed E-state index contributed by atoms with van der Waals surface area (Å²) in [6.45, 7) is 5.36. The lowest BCUT2D eigenvalue weighted by atomic mass is 9.89. The topological polar surface area (TPSA) is 59.6 Å². The lowest BCUT2D eigenvalue weighted by molar-refractivity contribution is -0.127. The van der Waals surface area contributed by atoms with Crippen LogP contribution in [0, 0.1) is 0 Å². The first-order valence-electron chi connectivity index (χ1n) is 6.47. The number of ether oxygens (including phenoxy) is 2. The molecule has 5 heteroatoms. The molecule has 0 bridgehead atoms. The maximum atomic E-state index is 11.3. The van der Waals surface area contributed by atoms with Gasteiger partial charge in [-0.1, -0.05) is 0 Å². The molecule has 0 aromatic carbocycles. The molecule has 17 heavy (non-hydrogen) atoms. The van der Waals surface area contributed by atoms with E-state index in [-0.39, 0.29) is 24.2 Å². The molecule has 0 saturated carbocycles. The van der Waals surface area contributed by atoms with Gasteiger partial charge in [0, 0.05) is 13.0 Å². The molecule has 2 fully saturated rings. The molecule has 1 unspecified atom stereocenters. The lowest BCUT2D eigenvalue weighted by Crippen LogP contribution is -2.41. The van der Waals surface area contributed by atoms with Crippen LogP contribution < -0.4 is 10.6 Å². The minimum Gasteiger partial charge on any atom is -0.372 e. The maximum Gasteiger partial charge on any atom is 0.246 e. The summed E-state index contributed by atoms with van der Waals surface area (Å²) in [6.07, 6.45) is 3.10. The van der Waals surface area contributed by atoms with E-state index in [1.165, 1.54) is 0 Å². The maximum absolute atomic E-state index is 11.3. The van der Waals surface area contributed by atoms with Crippen LogP contribution in [0.15, 0.2) is 0 Å². The van der Waals surface area contributed by atoms with Crippen LogP contribution in [-0.4, -0.2) is 50.5 Å². The first kappa shape index (κ1) is 12.8. The summed E-state index contributed by atoms with van der Waals surface area (Å²) in [5.41, 5.74) is 0.0111. The highest BCUT2D eigenvalue weighted by Gasteiger charge is 2.41. The molecule has 5 nitrogen and oxygen atoms in total. The van der Waals surface area contributed by atoms with Gasteiger partial charge in [-0.2, -0.15) is 0 Å². The van der Waals surface area contributed by atoms with Crippen LogP contribution in [0.5, 0.6) is 0 Å². The Hall–Kier alpha value is -0.650. The number of piperidine rings is 1. The first-order valence-corrected chi connectivity index (χ1v) is 6.47. The van der Waals surface area contributed by atoms with Gasteiger partial charge in [0.05, 0.1) is 18.3 Å². The van der Waals surface area contributed by atoms with E-state index in [1.807, 2.05) is 6.92 Å². The summed E-state index contributed by atoms with van der Waals surface area (Å²) in [4.78, 5) is 11.3. The van der Waals surface area contributed by atoms with E-state index in [1.54, 1.807) is 0 Å². The number of rotatable bonds is 4. The third-order valence-electron chi connectivity index (χ3n) is 3.51. The highest BCUT2D eigenvalue weighted by atomic mass is 16.6. The van der Waals surface area contributed by atoms with Gasteiger partial charge in [0.25, 0.3) is 0 Å². The molecule has 1 amide bonds. The van der Waals surface area contributed by atoms with Crippen molar-refractivity contribution in [2.45, 2.75) is 37.9 Å². The highest BCUT2D eigenvalue weighted by molar-refractivity contribution is 5.77. The largest absolute Gasteiger partial charge is 0.372 e. The van der Waals surface area contributed by atoms with Crippen LogP contribution in [0.4, 0.5) is 0 Å². The molecule has 2 aliphatic rings. The average molecular weight is 242 g/mol. The Morgan fingerprint density at radius 2 is 2.29 bits per heavy atom. The smallest absolute Gasteiger partial charge is 0.246 e. The van der Waals surface area contributed by atoms with Gasteiger partial charge in [0.15, 0.2) is 0 Å². The minimum absolute atomic E-state index is 0.0111. The number of carbonyl (C=O) groups is 1. The number of carbonyl (C=O) groups excluding carboxylic acids is 1. The first-order chi connectivity index (χ1) is 8.24. The molecule has 2 heterocycles. The predicted molar refractivity (Wildman–Crippen MR) is 63.8 cm³/mol. The van der Waals surface area contributed by atoms with Gasteiger partial charge in [0.1, 0.15) is 6.61 Å². The zero-order valence-electron chi connectivity index (χ0n) is 10.5. The fraction of sp³-hybridized carbons (Fsp3) is 0.917. The van der Waals surface area contributed by atoms with Crippen LogP contribution in [0.25, 0.3) is 0 Å². The van der Waals surface area contributed by atoms with Crippen LogP contribution in [-0.2, 0) is 14.3 Å². The van der Waals surface area contributed by atoms with Crippen LogP contribution >= 0.6 is 0 Å². The van der Waals surface area contributed by atoms with E-state index in [0.29, 0.717) is 13.2 Å². The molecular formula is C12H22N2O3. The fourth-order valence-corrected chi connectivity index (χ4v) is 2.58. The van der Waals surface area contributed by atoms with Gasteiger partial charge in [-0.15, -0.1) is 0 Å². The van der Waals surface area contributed by atoms with Crippen molar-refractivity contribution in [1.82, 2.24) is 10.6 Å². The Labute approximate surface area is 102 Å². The molecule has 1 atom stereocenters. The Kier molecular flexibility index (Phi) is 4.36. The van der Waals surface area contributed by atoms with Crippen molar-refractivity contribution in [2.24, 2.45) is 0 Å². The van der Waals surface area contributed by atoms with Crippen molar-refractivity contribution in [3.8, 4) is 0 Å². The van der Waals surface area contributed by atoms with Crippen molar-refractivity contribution < 1.29 is 14.3 Å². The normalized spacial score (nSPS) is 27.2. The Bertz CT molecular complexity index is 264. The van der Waals surface area contributed by atoms with Gasteiger partial charge in [-0.25, -0.2) is 0 Å². The molecule has 2 saturated heterocycles. The van der Waals surface area contributed by atoms with Crippen LogP contribution in [0.2, 0.25) is 0 Å². The van der Waals surface area contributed by atoms with E-state index >= 15 is 0 Å². The Morgan fingerprint density at radius 1 is 1.53 bits per heavy atom. The molecule has 0 aromatic heterocycles. The van der Waals surface area contributed by atoms with Gasteiger partial charge >= 0.3 is 0 Å². The molecular weight excluding hydrogens is 220 g/mol. The number of nitrogens with one attached hydrogen (secondary N) is 2. The van der Waals surface area contributed by atoms with E-state index in [9.17, 15) is 4.79 Å². The monoisotopic (exact) mass is 242 g/mol. The van der Waals surface area contributed by atoms with Gasteiger partial charge in [0.2, 0.25) is 5.91 Å². The second kappa shape index (κ2) is 5.80. The van der Waals surface area contributed by atoms with Crippen molar-refractivity contribution in [2.75, 3.05) is 32.8 Å². The minimum atomic E-state index is -0.0428. The fourth-order valence-electron chi connectivity index (χ4n) is 2.58. The molecule has 98 valence electrons. The van der Waals surface area contributed by atoms with E-state index in [4.69, 9.17) is 9.47 Å². The molecule has 2 N–H and O–H groups in total. The average Bonchev–Trinajstić information content (AvgIpc) is 2.71. The quantitative estimate of drug-likeness (QED) is 0.731. The molecule has 1 spiro atoms. The van der Waals surface area contributed by atoms with Crippen LogP contribution in [0.3, 0.4) is 0 Å². The summed E-state index contributed by atoms with van der Waals surface area (Å²) in [5.74, 6) is -0.0428. The summed E-state index contributed by atoms with van der Waals surface area (Å²) < 4.78 is 11.5. The Morgan fingerprint density at radius 3 is 3.00 bits per heavy atom. The summed E-state index contributed by atoms with van der Waals surface area (Å²) in [5, 5.41) is 6.06. The molecule has 0 aliphatic carbocycles. The van der Waals surface area contributed by atoms with E-state index in [0.717, 1.165) is 32.4 Å². The van der Waals surface area contributed by atoms with Gasteiger partial charge in [-0.3, -0.25) is 4.79 Å². The van der Waals surface area contributed by atoms with Crippen molar-refractivity contribution in [1.29, 1.82) is 0 Å². The number of hydrogen-bond acceptors (Lipinski definition) is 4. The summed E-state index contributed by atoms with van der Waals surface area (Å²) in [7, 11) is 0. The number of hydrogen-bond donors (Lipinski definition) is 2. The van der Waals surface area contributed by atoms with E-state index < -0.39 is 0 Å². The molecule has 0 aromatic rings. The SMILES string of the molecule is CCNC(=O)COC1COC2(CCNCC2)C1. The molecule has 0 radical (unpaired) electrons. The zero-order chi connectivity index (χ0) is 12.1. The van der Waals surface area contributed by atoms with Crippen molar-refractivity contribution in [3.05, 3.63) is 0 Å². The highest BCUT2D eigenvalue weighted by Crippen LogP contribution is 2.34. The third kappa shape index (κ3) is 3.40. The summed E-state index contributed by atoms with van der Waals surface area (Å²) >= 11 is 0. The lowest BCUT2D eigenvalue weighted by Gasteiger charge is -2.32. The van der Waals surface area contributed by atoms with E-state index in [2.05, 4.69) is 10.6 Å². The number of amides is 1.